The molecule has 1 atom stereocenters. The maximum Gasteiger partial charge on any atom is 0.178 e. The lowest BCUT2D eigenvalue weighted by Gasteiger charge is -2.15. The Morgan fingerprint density at radius 2 is 2.00 bits per heavy atom. The maximum atomic E-state index is 5.44. The number of fused-ring (bicyclic) bond motifs is 1. The van der Waals surface area contributed by atoms with Crippen LogP contribution in [0.5, 0.6) is 0 Å². The van der Waals surface area contributed by atoms with Crippen LogP contribution in [-0.2, 0) is 0 Å². The zero-order valence-corrected chi connectivity index (χ0v) is 13.4. The van der Waals surface area contributed by atoms with Crippen molar-refractivity contribution in [3.8, 4) is 0 Å². The number of H-pyrrole nitrogens is 1. The summed E-state index contributed by atoms with van der Waals surface area (Å²) >= 11 is 8.93. The Kier molecular flexibility index (Phi) is 4.28. The first kappa shape index (κ1) is 13.8. The van der Waals surface area contributed by atoms with Gasteiger partial charge in [0.2, 0.25) is 0 Å². The highest BCUT2D eigenvalue weighted by molar-refractivity contribution is 9.10. The number of hydrogen-bond acceptors (Lipinski definition) is 1. The second-order valence-electron chi connectivity index (χ2n) is 5.28. The molecule has 1 aromatic carbocycles. The number of rotatable bonds is 4. The Bertz CT molecular complexity index is 597. The Morgan fingerprint density at radius 3 is 2.67 bits per heavy atom. The van der Waals surface area contributed by atoms with E-state index in [0.717, 1.165) is 27.1 Å². The van der Waals surface area contributed by atoms with Gasteiger partial charge >= 0.3 is 0 Å². The first-order chi connectivity index (χ1) is 8.49. The smallest absolute Gasteiger partial charge is 0.178 e. The lowest BCUT2D eigenvalue weighted by atomic mass is 10.0. The van der Waals surface area contributed by atoms with Crippen molar-refractivity contribution in [3.63, 3.8) is 0 Å². The number of nitrogens with one attached hydrogen (secondary N) is 1. The summed E-state index contributed by atoms with van der Waals surface area (Å²) in [4.78, 5) is 3.28. The largest absolute Gasteiger partial charge is 0.331 e. The van der Waals surface area contributed by atoms with Crippen LogP contribution >= 0.6 is 28.1 Å². The van der Waals surface area contributed by atoms with E-state index in [2.05, 4.69) is 64.5 Å². The molecular weight excluding hydrogens is 308 g/mol. The standard InChI is InChI=1S/C14H19BrN2S/c1-9(2)4-5-10(3)17-13-7-6-11(15)8-12(13)16-14(17)18/h6-10H,4-5H2,1-3H3,(H,16,18). The van der Waals surface area contributed by atoms with Crippen molar-refractivity contribution in [2.75, 3.05) is 0 Å². The van der Waals surface area contributed by atoms with Gasteiger partial charge in [0.15, 0.2) is 4.77 Å². The molecule has 0 aliphatic heterocycles. The number of benzene rings is 1. The highest BCUT2D eigenvalue weighted by Crippen LogP contribution is 2.25. The topological polar surface area (TPSA) is 20.7 Å². The second kappa shape index (κ2) is 5.57. The summed E-state index contributed by atoms with van der Waals surface area (Å²) in [7, 11) is 0. The Morgan fingerprint density at radius 1 is 1.28 bits per heavy atom. The number of nitrogens with zero attached hydrogens (tertiary/aromatic N) is 1. The number of halogens is 1. The molecule has 0 bridgehead atoms. The predicted octanol–water partition coefficient (Wildman–Crippen LogP) is 5.46. The average Bonchev–Trinajstić information content (AvgIpc) is 2.61. The molecule has 2 nitrogen and oxygen atoms in total. The lowest BCUT2D eigenvalue weighted by Crippen LogP contribution is -2.06. The maximum absolute atomic E-state index is 5.44. The van der Waals surface area contributed by atoms with Crippen LogP contribution in [0.4, 0.5) is 0 Å². The van der Waals surface area contributed by atoms with Gasteiger partial charge in [0, 0.05) is 10.5 Å². The van der Waals surface area contributed by atoms with Crippen molar-refractivity contribution in [3.05, 3.63) is 27.4 Å². The summed E-state index contributed by atoms with van der Waals surface area (Å²) in [5.74, 6) is 0.737. The molecule has 0 aliphatic rings. The molecule has 0 amide bonds. The first-order valence-electron chi connectivity index (χ1n) is 6.39. The van der Waals surface area contributed by atoms with E-state index in [4.69, 9.17) is 12.2 Å². The van der Waals surface area contributed by atoms with Crippen LogP contribution in [0, 0.1) is 10.7 Å². The molecule has 2 rings (SSSR count). The normalized spacial score (nSPS) is 13.4. The van der Waals surface area contributed by atoms with E-state index in [1.54, 1.807) is 0 Å². The molecule has 98 valence electrons. The van der Waals surface area contributed by atoms with Gasteiger partial charge in [-0.05, 0) is 56.1 Å². The first-order valence-corrected chi connectivity index (χ1v) is 7.59. The lowest BCUT2D eigenvalue weighted by molar-refractivity contribution is 0.443. The zero-order valence-electron chi connectivity index (χ0n) is 11.0. The molecule has 1 N–H and O–H groups in total. The van der Waals surface area contributed by atoms with E-state index in [1.807, 2.05) is 0 Å². The van der Waals surface area contributed by atoms with Crippen LogP contribution in [-0.4, -0.2) is 9.55 Å². The minimum absolute atomic E-state index is 0.440. The molecule has 2 aromatic rings. The average molecular weight is 327 g/mol. The second-order valence-corrected chi connectivity index (χ2v) is 6.58. The highest BCUT2D eigenvalue weighted by atomic mass is 79.9. The van der Waals surface area contributed by atoms with Gasteiger partial charge in [-0.25, -0.2) is 0 Å². The van der Waals surface area contributed by atoms with Gasteiger partial charge in [0.1, 0.15) is 0 Å². The van der Waals surface area contributed by atoms with Gasteiger partial charge in [-0.1, -0.05) is 29.8 Å². The van der Waals surface area contributed by atoms with Gasteiger partial charge in [0.25, 0.3) is 0 Å². The fourth-order valence-electron chi connectivity index (χ4n) is 2.24. The van der Waals surface area contributed by atoms with Crippen molar-refractivity contribution in [2.24, 2.45) is 5.92 Å². The summed E-state index contributed by atoms with van der Waals surface area (Å²) in [5.41, 5.74) is 2.30. The third kappa shape index (κ3) is 2.86. The minimum Gasteiger partial charge on any atom is -0.331 e. The van der Waals surface area contributed by atoms with E-state index in [1.165, 1.54) is 11.9 Å². The molecule has 0 aliphatic carbocycles. The SMILES string of the molecule is CC(C)CCC(C)n1c(=S)[nH]c2cc(Br)ccc21. The van der Waals surface area contributed by atoms with Crippen molar-refractivity contribution < 1.29 is 0 Å². The Labute approximate surface area is 122 Å². The van der Waals surface area contributed by atoms with Crippen LogP contribution < -0.4 is 0 Å². The summed E-state index contributed by atoms with van der Waals surface area (Å²) in [6.07, 6.45) is 2.39. The predicted molar refractivity (Wildman–Crippen MR) is 83.6 cm³/mol. The fourth-order valence-corrected chi connectivity index (χ4v) is 2.99. The molecule has 0 spiro atoms. The van der Waals surface area contributed by atoms with Crippen LogP contribution in [0.15, 0.2) is 22.7 Å². The Balaban J connectivity index is 2.38. The zero-order chi connectivity index (χ0) is 13.3. The van der Waals surface area contributed by atoms with Crippen LogP contribution in [0.1, 0.15) is 39.7 Å². The van der Waals surface area contributed by atoms with E-state index in [0.29, 0.717) is 6.04 Å². The molecule has 1 aromatic heterocycles. The van der Waals surface area contributed by atoms with E-state index in [-0.39, 0.29) is 0 Å². The van der Waals surface area contributed by atoms with Gasteiger partial charge in [-0.15, -0.1) is 0 Å². The number of aromatic nitrogens is 2. The highest BCUT2D eigenvalue weighted by Gasteiger charge is 2.11. The van der Waals surface area contributed by atoms with E-state index in [9.17, 15) is 0 Å². The third-order valence-corrected chi connectivity index (χ3v) is 4.07. The summed E-state index contributed by atoms with van der Waals surface area (Å²) in [6.45, 7) is 6.77. The number of aromatic amines is 1. The molecule has 18 heavy (non-hydrogen) atoms. The Hall–Kier alpha value is -0.610. The van der Waals surface area contributed by atoms with Crippen LogP contribution in [0.3, 0.4) is 0 Å². The van der Waals surface area contributed by atoms with Gasteiger partial charge in [0.05, 0.1) is 11.0 Å². The van der Waals surface area contributed by atoms with Crippen LogP contribution in [0.25, 0.3) is 11.0 Å². The number of hydrogen-bond donors (Lipinski definition) is 1. The summed E-state index contributed by atoms with van der Waals surface area (Å²) in [5, 5.41) is 0. The van der Waals surface area contributed by atoms with Gasteiger partial charge in [-0.2, -0.15) is 0 Å². The monoisotopic (exact) mass is 326 g/mol. The molecule has 1 unspecified atom stereocenters. The van der Waals surface area contributed by atoms with Crippen molar-refractivity contribution in [1.29, 1.82) is 0 Å². The third-order valence-electron chi connectivity index (χ3n) is 3.28. The summed E-state index contributed by atoms with van der Waals surface area (Å²) < 4.78 is 4.13. The molecule has 1 heterocycles. The minimum atomic E-state index is 0.440. The summed E-state index contributed by atoms with van der Waals surface area (Å²) in [6, 6.07) is 6.71. The van der Waals surface area contributed by atoms with Crippen molar-refractivity contribution in [2.45, 2.75) is 39.7 Å². The molecule has 4 heteroatoms. The van der Waals surface area contributed by atoms with Gasteiger partial charge < -0.3 is 9.55 Å². The number of imidazole rings is 1. The van der Waals surface area contributed by atoms with Crippen molar-refractivity contribution in [1.82, 2.24) is 9.55 Å². The van der Waals surface area contributed by atoms with E-state index < -0.39 is 0 Å². The molecule has 0 saturated carbocycles. The van der Waals surface area contributed by atoms with E-state index >= 15 is 0 Å². The molecular formula is C14H19BrN2S. The van der Waals surface area contributed by atoms with Crippen LogP contribution in [0.2, 0.25) is 0 Å². The fraction of sp³-hybridized carbons (Fsp3) is 0.500. The van der Waals surface area contributed by atoms with Gasteiger partial charge in [-0.3, -0.25) is 0 Å². The molecule has 0 fully saturated rings. The quantitative estimate of drug-likeness (QED) is 0.740. The molecule has 0 saturated heterocycles. The molecule has 0 radical (unpaired) electrons. The van der Waals surface area contributed by atoms with Crippen molar-refractivity contribution >= 4 is 39.2 Å².